The van der Waals surface area contributed by atoms with Gasteiger partial charge in [-0.3, -0.25) is 9.97 Å². The Labute approximate surface area is 177 Å². The summed E-state index contributed by atoms with van der Waals surface area (Å²) in [5, 5.41) is 16.9. The summed E-state index contributed by atoms with van der Waals surface area (Å²) in [6.07, 6.45) is 7.10. The van der Waals surface area contributed by atoms with E-state index in [9.17, 15) is 9.50 Å². The quantitative estimate of drug-likeness (QED) is 0.290. The van der Waals surface area contributed by atoms with Crippen molar-refractivity contribution >= 4 is 35.4 Å². The van der Waals surface area contributed by atoms with E-state index in [-0.39, 0.29) is 11.6 Å². The molecular formula is C22H18FN5OS. The third kappa shape index (κ3) is 5.18. The molecule has 2 heterocycles. The van der Waals surface area contributed by atoms with Crippen LogP contribution in [0.1, 0.15) is 5.69 Å². The molecule has 0 amide bonds. The minimum atomic E-state index is -0.238. The van der Waals surface area contributed by atoms with Crippen LogP contribution in [0, 0.1) is 11.2 Å². The van der Waals surface area contributed by atoms with Crippen LogP contribution in [0.2, 0.25) is 0 Å². The van der Waals surface area contributed by atoms with Crippen molar-refractivity contribution in [2.45, 2.75) is 4.90 Å². The van der Waals surface area contributed by atoms with Gasteiger partial charge in [0, 0.05) is 34.6 Å². The van der Waals surface area contributed by atoms with Crippen LogP contribution in [0.5, 0.6) is 5.75 Å². The van der Waals surface area contributed by atoms with Gasteiger partial charge in [-0.1, -0.05) is 12.1 Å². The molecule has 0 spiro atoms. The predicted molar refractivity (Wildman–Crippen MR) is 119 cm³/mol. The summed E-state index contributed by atoms with van der Waals surface area (Å²) in [6.45, 7) is 0. The number of aromatic nitrogens is 3. The Morgan fingerprint density at radius 2 is 1.87 bits per heavy atom. The number of fused-ring (bicyclic) bond motifs is 1. The second kappa shape index (κ2) is 9.62. The number of halogens is 1. The predicted octanol–water partition coefficient (Wildman–Crippen LogP) is 4.46. The molecule has 0 bridgehead atoms. The Hall–Kier alpha value is -3.78. The summed E-state index contributed by atoms with van der Waals surface area (Å²) >= 11 is 3.91. The van der Waals surface area contributed by atoms with Gasteiger partial charge in [-0.05, 0) is 42.0 Å². The first-order chi connectivity index (χ1) is 14.5. The van der Waals surface area contributed by atoms with Gasteiger partial charge in [0.25, 0.3) is 0 Å². The monoisotopic (exact) mass is 419 g/mol. The van der Waals surface area contributed by atoms with Crippen LogP contribution in [-0.2, 0) is 0 Å². The van der Waals surface area contributed by atoms with Gasteiger partial charge >= 0.3 is 0 Å². The lowest BCUT2D eigenvalue weighted by Gasteiger charge is -2.05. The van der Waals surface area contributed by atoms with Gasteiger partial charge < -0.3 is 16.2 Å². The minimum absolute atomic E-state index is 0.106. The Kier molecular flexibility index (Phi) is 6.71. The van der Waals surface area contributed by atoms with Crippen molar-refractivity contribution < 1.29 is 9.50 Å². The molecule has 0 aliphatic carbocycles. The van der Waals surface area contributed by atoms with Gasteiger partial charge in [0.1, 0.15) is 11.6 Å². The molecule has 30 heavy (non-hydrogen) atoms. The maximum absolute atomic E-state index is 12.1. The minimum Gasteiger partial charge on any atom is -0.506 e. The molecule has 0 atom stereocenters. The van der Waals surface area contributed by atoms with Crippen LogP contribution in [0.4, 0.5) is 4.39 Å². The molecule has 6 nitrogen and oxygen atoms in total. The molecule has 0 saturated heterocycles. The molecule has 4 N–H and O–H groups in total. The molecule has 0 saturated carbocycles. The van der Waals surface area contributed by atoms with Gasteiger partial charge in [-0.25, -0.2) is 9.37 Å². The highest BCUT2D eigenvalue weighted by atomic mass is 32.1. The van der Waals surface area contributed by atoms with E-state index in [1.54, 1.807) is 30.6 Å². The highest BCUT2D eigenvalue weighted by Gasteiger charge is 2.06. The number of pyridine rings is 1. The number of nitrogens with zero attached hydrogens (tertiary/aromatic N) is 3. The molecule has 2 aromatic carbocycles. The molecule has 8 heteroatoms. The maximum atomic E-state index is 12.1. The molecule has 0 radical (unpaired) electrons. The van der Waals surface area contributed by atoms with E-state index in [1.165, 1.54) is 24.5 Å². The van der Waals surface area contributed by atoms with Crippen molar-refractivity contribution in [1.82, 2.24) is 15.0 Å². The van der Waals surface area contributed by atoms with Crippen LogP contribution in [-0.4, -0.2) is 26.3 Å². The van der Waals surface area contributed by atoms with Crippen LogP contribution in [0.3, 0.4) is 0 Å². The van der Waals surface area contributed by atoms with Crippen molar-refractivity contribution in [2.75, 3.05) is 0 Å². The number of hydrogen-bond acceptors (Lipinski definition) is 7. The molecule has 4 aromatic rings. The summed E-state index contributed by atoms with van der Waals surface area (Å²) in [5.74, 6) is -0.132. The smallest absolute Gasteiger partial charge is 0.134 e. The van der Waals surface area contributed by atoms with Crippen molar-refractivity contribution in [3.05, 3.63) is 84.8 Å². The Morgan fingerprint density at radius 3 is 2.50 bits per heavy atom. The third-order valence-electron chi connectivity index (χ3n) is 4.04. The zero-order chi connectivity index (χ0) is 21.5. The zero-order valence-corrected chi connectivity index (χ0v) is 16.6. The fourth-order valence-electron chi connectivity index (χ4n) is 2.60. The Balaban J connectivity index is 0.000000269. The number of thiol groups is 1. The van der Waals surface area contributed by atoms with E-state index in [2.05, 4.69) is 27.6 Å². The molecule has 150 valence electrons. The van der Waals surface area contributed by atoms with Gasteiger partial charge in [-0.2, -0.15) is 0 Å². The van der Waals surface area contributed by atoms with Crippen molar-refractivity contribution in [3.63, 3.8) is 0 Å². The van der Waals surface area contributed by atoms with Crippen molar-refractivity contribution in [1.29, 1.82) is 5.41 Å². The van der Waals surface area contributed by atoms with Gasteiger partial charge in [0.2, 0.25) is 0 Å². The lowest BCUT2D eigenvalue weighted by Crippen LogP contribution is -1.96. The number of nitrogens with one attached hydrogen (secondary N) is 1. The first-order valence-electron chi connectivity index (χ1n) is 8.78. The molecule has 0 aliphatic rings. The highest BCUT2D eigenvalue weighted by Crippen LogP contribution is 2.25. The zero-order valence-electron chi connectivity index (χ0n) is 15.7. The summed E-state index contributed by atoms with van der Waals surface area (Å²) in [7, 11) is 0. The van der Waals surface area contributed by atoms with E-state index in [0.717, 1.165) is 22.9 Å². The summed E-state index contributed by atoms with van der Waals surface area (Å²) in [5.41, 5.74) is 9.59. The normalized spacial score (nSPS) is 10.9. The summed E-state index contributed by atoms with van der Waals surface area (Å²) < 4.78 is 12.1. The van der Waals surface area contributed by atoms with Crippen molar-refractivity contribution in [2.24, 2.45) is 5.73 Å². The third-order valence-corrected chi connectivity index (χ3v) is 4.32. The first kappa shape index (κ1) is 20.9. The average Bonchev–Trinajstić information content (AvgIpc) is 2.74. The molecule has 2 aromatic heterocycles. The number of benzene rings is 2. The molecular weight excluding hydrogens is 401 g/mol. The van der Waals surface area contributed by atoms with Gasteiger partial charge in [0.15, 0.2) is 0 Å². The second-order valence-electron chi connectivity index (χ2n) is 6.14. The van der Waals surface area contributed by atoms with E-state index >= 15 is 0 Å². The largest absolute Gasteiger partial charge is 0.506 e. The standard InChI is InChI=1S/C16H13N5O.C6H5FS/c17-5-12(6-18)16-9-20-14-2-1-10(4-15(14)21-16)11-3-13(22)8-19-7-11;7-5-2-1-3-6(8)4-5/h1-9,17,22H,18H2;1-4,8H/b12-6+,17-5?;. The van der Waals surface area contributed by atoms with Crippen LogP contribution in [0.25, 0.3) is 27.7 Å². The van der Waals surface area contributed by atoms with Crippen LogP contribution < -0.4 is 5.73 Å². The molecule has 0 fully saturated rings. The van der Waals surface area contributed by atoms with E-state index in [4.69, 9.17) is 11.1 Å². The fraction of sp³-hybridized carbons (Fsp3) is 0. The lowest BCUT2D eigenvalue weighted by molar-refractivity contribution is 0.473. The summed E-state index contributed by atoms with van der Waals surface area (Å²) in [6, 6.07) is 13.3. The number of hydrogen-bond donors (Lipinski definition) is 4. The number of nitrogens with two attached hydrogens (primary N) is 1. The van der Waals surface area contributed by atoms with Gasteiger partial charge in [0.05, 0.1) is 29.1 Å². The molecule has 0 aliphatic heterocycles. The number of aromatic hydroxyl groups is 1. The Bertz CT molecular complexity index is 1210. The van der Waals surface area contributed by atoms with Crippen LogP contribution in [0.15, 0.2) is 78.2 Å². The van der Waals surface area contributed by atoms with Gasteiger partial charge in [-0.15, -0.1) is 12.6 Å². The topological polar surface area (TPSA) is 109 Å². The van der Waals surface area contributed by atoms with E-state index in [1.807, 2.05) is 18.2 Å². The number of allylic oxidation sites excluding steroid dienone is 1. The second-order valence-corrected chi connectivity index (χ2v) is 6.65. The van der Waals surface area contributed by atoms with Crippen molar-refractivity contribution in [3.8, 4) is 16.9 Å². The van der Waals surface area contributed by atoms with E-state index < -0.39 is 0 Å². The van der Waals surface area contributed by atoms with E-state index in [0.29, 0.717) is 21.7 Å². The lowest BCUT2D eigenvalue weighted by atomic mass is 10.1. The Morgan fingerprint density at radius 1 is 1.03 bits per heavy atom. The molecule has 4 rings (SSSR count). The number of rotatable bonds is 3. The highest BCUT2D eigenvalue weighted by molar-refractivity contribution is 7.80. The fourth-order valence-corrected chi connectivity index (χ4v) is 2.81. The maximum Gasteiger partial charge on any atom is 0.134 e. The summed E-state index contributed by atoms with van der Waals surface area (Å²) in [4.78, 5) is 13.4. The van der Waals surface area contributed by atoms with Crippen LogP contribution >= 0.6 is 12.6 Å². The molecule has 0 unspecified atom stereocenters. The SMILES string of the molecule is Fc1cccc(S)c1.N=C/C(=C\N)c1cnc2ccc(-c3cncc(O)c3)cc2n1. The first-order valence-corrected chi connectivity index (χ1v) is 9.23. The average molecular weight is 419 g/mol.